The lowest BCUT2D eigenvalue weighted by molar-refractivity contribution is 0.0658. The van der Waals surface area contributed by atoms with Crippen molar-refractivity contribution >= 4 is 12.4 Å². The quantitative estimate of drug-likeness (QED) is 0.853. The third kappa shape index (κ3) is 2.75. The summed E-state index contributed by atoms with van der Waals surface area (Å²) in [6.07, 6.45) is 3.78. The lowest BCUT2D eigenvalue weighted by atomic mass is 9.81. The van der Waals surface area contributed by atoms with Crippen LogP contribution in [0.15, 0.2) is 18.2 Å². The van der Waals surface area contributed by atoms with Gasteiger partial charge in [-0.25, -0.2) is 0 Å². The maximum Gasteiger partial charge on any atom is 0.123 e. The van der Waals surface area contributed by atoms with Gasteiger partial charge in [-0.05, 0) is 50.6 Å². The van der Waals surface area contributed by atoms with Crippen molar-refractivity contribution in [2.75, 3.05) is 26.8 Å². The van der Waals surface area contributed by atoms with Gasteiger partial charge >= 0.3 is 0 Å². The van der Waals surface area contributed by atoms with Gasteiger partial charge in [-0.2, -0.15) is 0 Å². The maximum atomic E-state index is 5.97. The zero-order valence-electron chi connectivity index (χ0n) is 12.3. The van der Waals surface area contributed by atoms with E-state index < -0.39 is 0 Å². The van der Waals surface area contributed by atoms with Crippen molar-refractivity contribution in [3.05, 3.63) is 23.8 Å². The molecule has 1 fully saturated rings. The number of ether oxygens (including phenoxy) is 2. The molecule has 0 N–H and O–H groups in total. The second kappa shape index (κ2) is 6.68. The highest BCUT2D eigenvalue weighted by Gasteiger charge is 2.37. The average Bonchev–Trinajstić information content (AvgIpc) is 2.47. The smallest absolute Gasteiger partial charge is 0.123 e. The lowest BCUT2D eigenvalue weighted by Gasteiger charge is -2.44. The van der Waals surface area contributed by atoms with E-state index in [1.54, 1.807) is 7.11 Å². The summed E-state index contributed by atoms with van der Waals surface area (Å²) in [5.74, 6) is 2.61. The molecule has 0 aromatic heterocycles. The molecule has 2 atom stereocenters. The maximum absolute atomic E-state index is 5.97. The number of methoxy groups -OCH3 is 1. The Morgan fingerprint density at radius 2 is 2.25 bits per heavy atom. The summed E-state index contributed by atoms with van der Waals surface area (Å²) < 4.78 is 11.3. The molecule has 1 saturated heterocycles. The number of fused-ring (bicyclic) bond motifs is 3. The third-order valence-electron chi connectivity index (χ3n) is 4.43. The van der Waals surface area contributed by atoms with E-state index in [-0.39, 0.29) is 12.4 Å². The minimum absolute atomic E-state index is 0. The summed E-state index contributed by atoms with van der Waals surface area (Å²) >= 11 is 0. The Hall–Kier alpha value is -0.930. The summed E-state index contributed by atoms with van der Waals surface area (Å²) in [5, 5.41) is 0. The second-order valence-electron chi connectivity index (χ2n) is 5.57. The lowest BCUT2D eigenvalue weighted by Crippen LogP contribution is -2.49. The summed E-state index contributed by atoms with van der Waals surface area (Å²) in [6.45, 7) is 5.50. The van der Waals surface area contributed by atoms with Crippen molar-refractivity contribution in [2.24, 2.45) is 0 Å². The SMILES string of the molecule is CCCN1CCC[C@@H]2c3cc(OC)ccc3OC[C@H]21.Cl. The Morgan fingerprint density at radius 1 is 1.40 bits per heavy atom. The van der Waals surface area contributed by atoms with Crippen molar-refractivity contribution in [1.82, 2.24) is 4.90 Å². The van der Waals surface area contributed by atoms with E-state index in [1.807, 2.05) is 6.07 Å². The van der Waals surface area contributed by atoms with E-state index in [2.05, 4.69) is 24.0 Å². The van der Waals surface area contributed by atoms with Gasteiger partial charge in [-0.3, -0.25) is 4.90 Å². The highest BCUT2D eigenvalue weighted by Crippen LogP contribution is 2.42. The first-order valence-corrected chi connectivity index (χ1v) is 7.38. The van der Waals surface area contributed by atoms with Gasteiger partial charge in [0, 0.05) is 11.5 Å². The highest BCUT2D eigenvalue weighted by molar-refractivity contribution is 5.85. The van der Waals surface area contributed by atoms with E-state index in [4.69, 9.17) is 9.47 Å². The van der Waals surface area contributed by atoms with Crippen LogP contribution in [0.2, 0.25) is 0 Å². The number of nitrogens with zero attached hydrogens (tertiary/aromatic N) is 1. The molecule has 4 heteroatoms. The van der Waals surface area contributed by atoms with Gasteiger partial charge < -0.3 is 9.47 Å². The van der Waals surface area contributed by atoms with Crippen LogP contribution >= 0.6 is 12.4 Å². The van der Waals surface area contributed by atoms with Gasteiger partial charge in [0.15, 0.2) is 0 Å². The average molecular weight is 298 g/mol. The van der Waals surface area contributed by atoms with E-state index in [1.165, 1.54) is 37.9 Å². The van der Waals surface area contributed by atoms with Crippen LogP contribution < -0.4 is 9.47 Å². The van der Waals surface area contributed by atoms with Gasteiger partial charge in [0.1, 0.15) is 18.1 Å². The van der Waals surface area contributed by atoms with E-state index in [0.29, 0.717) is 12.0 Å². The van der Waals surface area contributed by atoms with Gasteiger partial charge in [0.2, 0.25) is 0 Å². The number of likely N-dealkylation sites (tertiary alicyclic amines) is 1. The molecule has 0 radical (unpaired) electrons. The molecule has 3 nitrogen and oxygen atoms in total. The second-order valence-corrected chi connectivity index (χ2v) is 5.57. The van der Waals surface area contributed by atoms with Crippen LogP contribution in [0.1, 0.15) is 37.7 Å². The molecule has 20 heavy (non-hydrogen) atoms. The van der Waals surface area contributed by atoms with Gasteiger partial charge in [-0.15, -0.1) is 12.4 Å². The Morgan fingerprint density at radius 3 is 3.00 bits per heavy atom. The van der Waals surface area contributed by atoms with Crippen LogP contribution in [0.5, 0.6) is 11.5 Å². The van der Waals surface area contributed by atoms with E-state index in [9.17, 15) is 0 Å². The van der Waals surface area contributed by atoms with E-state index in [0.717, 1.165) is 18.1 Å². The molecule has 1 aromatic carbocycles. The van der Waals surface area contributed by atoms with Crippen LogP contribution in [-0.2, 0) is 0 Å². The minimum atomic E-state index is 0. The topological polar surface area (TPSA) is 21.7 Å². The number of benzene rings is 1. The Bertz CT molecular complexity index is 450. The van der Waals surface area contributed by atoms with Crippen LogP contribution in [-0.4, -0.2) is 37.7 Å². The van der Waals surface area contributed by atoms with Gasteiger partial charge in [-0.1, -0.05) is 6.92 Å². The third-order valence-corrected chi connectivity index (χ3v) is 4.43. The molecular formula is C16H24ClNO2. The molecule has 2 aliphatic heterocycles. The number of hydrogen-bond donors (Lipinski definition) is 0. The zero-order valence-corrected chi connectivity index (χ0v) is 13.1. The van der Waals surface area contributed by atoms with Crippen LogP contribution in [0.3, 0.4) is 0 Å². The highest BCUT2D eigenvalue weighted by atomic mass is 35.5. The molecule has 0 unspecified atom stereocenters. The standard InChI is InChI=1S/C16H23NO2.ClH/c1-3-8-17-9-4-5-13-14-10-12(18-2)6-7-16(14)19-11-15(13)17;/h6-7,10,13,15H,3-5,8-9,11H2,1-2H3;1H/t13-,15-;/m1./s1. The molecule has 112 valence electrons. The first-order chi connectivity index (χ1) is 9.33. The fourth-order valence-electron chi connectivity index (χ4n) is 3.53. The molecule has 1 aromatic rings. The summed E-state index contributed by atoms with van der Waals surface area (Å²) in [6, 6.07) is 6.77. The molecule has 3 rings (SSSR count). The molecule has 2 heterocycles. The van der Waals surface area contributed by atoms with Crippen molar-refractivity contribution < 1.29 is 9.47 Å². The Balaban J connectivity index is 0.00000147. The molecule has 0 spiro atoms. The van der Waals surface area contributed by atoms with E-state index >= 15 is 0 Å². The Labute approximate surface area is 127 Å². The summed E-state index contributed by atoms with van der Waals surface area (Å²) in [5.41, 5.74) is 1.34. The molecule has 0 amide bonds. The fraction of sp³-hybridized carbons (Fsp3) is 0.625. The van der Waals surface area contributed by atoms with Crippen molar-refractivity contribution in [1.29, 1.82) is 0 Å². The number of rotatable bonds is 3. The summed E-state index contributed by atoms with van der Waals surface area (Å²) in [7, 11) is 1.73. The fourth-order valence-corrected chi connectivity index (χ4v) is 3.53. The monoisotopic (exact) mass is 297 g/mol. The van der Waals surface area contributed by atoms with Crippen LogP contribution in [0.4, 0.5) is 0 Å². The van der Waals surface area contributed by atoms with Crippen LogP contribution in [0, 0.1) is 0 Å². The van der Waals surface area contributed by atoms with Crippen molar-refractivity contribution in [2.45, 2.75) is 38.1 Å². The molecule has 0 aliphatic carbocycles. The van der Waals surface area contributed by atoms with Crippen molar-refractivity contribution in [3.8, 4) is 11.5 Å². The molecule has 0 saturated carbocycles. The number of piperidine rings is 1. The Kier molecular flexibility index (Phi) is 5.17. The molecule has 2 aliphatic rings. The minimum Gasteiger partial charge on any atom is -0.497 e. The van der Waals surface area contributed by atoms with Gasteiger partial charge in [0.25, 0.3) is 0 Å². The number of halogens is 1. The molecule has 0 bridgehead atoms. The van der Waals surface area contributed by atoms with Crippen molar-refractivity contribution in [3.63, 3.8) is 0 Å². The summed E-state index contributed by atoms with van der Waals surface area (Å²) in [4.78, 5) is 2.61. The number of hydrogen-bond acceptors (Lipinski definition) is 3. The van der Waals surface area contributed by atoms with Gasteiger partial charge in [0.05, 0.1) is 13.2 Å². The zero-order chi connectivity index (χ0) is 13.2. The molecular weight excluding hydrogens is 274 g/mol. The first kappa shape index (κ1) is 15.5. The predicted molar refractivity (Wildman–Crippen MR) is 83.4 cm³/mol. The largest absolute Gasteiger partial charge is 0.497 e. The first-order valence-electron chi connectivity index (χ1n) is 7.38. The predicted octanol–water partition coefficient (Wildman–Crippen LogP) is 3.47. The normalized spacial score (nSPS) is 24.9. The van der Waals surface area contributed by atoms with Crippen LogP contribution in [0.25, 0.3) is 0 Å².